The number of aryl methyl sites for hydroxylation is 1. The summed E-state index contributed by atoms with van der Waals surface area (Å²) in [6.07, 6.45) is 0.266. The topological polar surface area (TPSA) is 69.1 Å². The smallest absolute Gasteiger partial charge is 0.228 e. The van der Waals surface area contributed by atoms with E-state index in [2.05, 4.69) is 40.0 Å². The number of hydrogen-bond acceptors (Lipinski definition) is 7. The first kappa shape index (κ1) is 25.4. The molecule has 3 aromatic carbocycles. The van der Waals surface area contributed by atoms with Crippen molar-refractivity contribution in [3.63, 3.8) is 0 Å². The van der Waals surface area contributed by atoms with Gasteiger partial charge in [0.1, 0.15) is 18.5 Å². The van der Waals surface area contributed by atoms with Gasteiger partial charge >= 0.3 is 0 Å². The molecule has 0 unspecified atom stereocenters. The van der Waals surface area contributed by atoms with E-state index in [9.17, 15) is 9.90 Å². The van der Waals surface area contributed by atoms with Crippen molar-refractivity contribution in [3.05, 3.63) is 77.8 Å². The van der Waals surface area contributed by atoms with Crippen molar-refractivity contribution in [2.24, 2.45) is 0 Å². The first-order valence-corrected chi connectivity index (χ1v) is 13.4. The van der Waals surface area contributed by atoms with Gasteiger partial charge in [-0.05, 0) is 49.2 Å². The molecule has 8 heteroatoms. The van der Waals surface area contributed by atoms with Gasteiger partial charge in [0.2, 0.25) is 6.41 Å². The minimum Gasteiger partial charge on any atom is -0.491 e. The molecule has 0 bridgehead atoms. The molecule has 1 aliphatic rings. The number of nitrogens with zero attached hydrogens (tertiary/aromatic N) is 4. The molecule has 1 aliphatic heterocycles. The molecule has 1 fully saturated rings. The fraction of sp³-hybridized carbons (Fsp3) is 0.310. The number of aliphatic hydroxyl groups excluding tert-OH is 1. The van der Waals surface area contributed by atoms with Gasteiger partial charge in [0.25, 0.3) is 0 Å². The molecule has 2 heterocycles. The summed E-state index contributed by atoms with van der Waals surface area (Å²) in [5, 5.41) is 15.5. The molecule has 1 aromatic heterocycles. The Kier molecular flexibility index (Phi) is 7.81. The lowest BCUT2D eigenvalue weighted by atomic mass is 10.1. The van der Waals surface area contributed by atoms with Gasteiger partial charge in [-0.2, -0.15) is 0 Å². The number of amides is 1. The molecule has 0 radical (unpaired) electrons. The summed E-state index contributed by atoms with van der Waals surface area (Å²) < 4.78 is 7.00. The minimum absolute atomic E-state index is 0.164. The van der Waals surface area contributed by atoms with Crippen molar-refractivity contribution in [3.8, 4) is 16.9 Å². The summed E-state index contributed by atoms with van der Waals surface area (Å²) in [4.78, 5) is 18.9. The van der Waals surface area contributed by atoms with Crippen molar-refractivity contribution in [1.29, 1.82) is 0 Å². The monoisotopic (exact) mass is 516 g/mol. The lowest BCUT2D eigenvalue weighted by Crippen LogP contribution is -2.58. The molecule has 0 saturated carbocycles. The van der Waals surface area contributed by atoms with Gasteiger partial charge in [0.15, 0.2) is 0 Å². The Bertz CT molecular complexity index is 1350. The second-order valence-electron chi connectivity index (χ2n) is 9.45. The summed E-state index contributed by atoms with van der Waals surface area (Å²) in [6, 6.07) is 24.2. The average molecular weight is 517 g/mol. The molecule has 0 spiro atoms. The second-order valence-corrected chi connectivity index (χ2v) is 10.7. The number of thiazole rings is 1. The van der Waals surface area contributed by atoms with Crippen LogP contribution >= 0.6 is 11.3 Å². The number of anilines is 1. The first-order chi connectivity index (χ1) is 18.0. The molecule has 4 aromatic rings. The third kappa shape index (κ3) is 5.99. The summed E-state index contributed by atoms with van der Waals surface area (Å²) in [5.74, 6) is 0.717. The Labute approximate surface area is 221 Å². The van der Waals surface area contributed by atoms with Crippen LogP contribution in [0.1, 0.15) is 11.9 Å². The van der Waals surface area contributed by atoms with Gasteiger partial charge < -0.3 is 9.84 Å². The number of benzene rings is 3. The predicted octanol–water partition coefficient (Wildman–Crippen LogP) is 4.60. The number of hydrazine groups is 1. The van der Waals surface area contributed by atoms with Crippen molar-refractivity contribution < 1.29 is 14.6 Å². The van der Waals surface area contributed by atoms with E-state index in [0.29, 0.717) is 25.4 Å². The van der Waals surface area contributed by atoms with Gasteiger partial charge in [0.05, 0.1) is 20.9 Å². The summed E-state index contributed by atoms with van der Waals surface area (Å²) in [5.41, 5.74) is 3.96. The number of carbonyl (C=O) groups is 1. The standard InChI is InChI=1S/C29H32N4O3S/c1-21-17-32(33(20-34)25-10-6-9-24(15-25)23-7-4-3-5-8-23)14-13-31(21)18-26(35)19-36-27-11-12-29-28(16-27)30-22(2)37-29/h3-12,15-16,20-21,26,35H,13-14,17-19H2,1-2H3/t21-,26+/m0/s1. The van der Waals surface area contributed by atoms with Gasteiger partial charge in [-0.25, -0.2) is 15.0 Å². The minimum atomic E-state index is -0.619. The van der Waals surface area contributed by atoms with Gasteiger partial charge in [-0.3, -0.25) is 9.69 Å². The molecular weight excluding hydrogens is 484 g/mol. The van der Waals surface area contributed by atoms with Crippen LogP contribution in [-0.2, 0) is 4.79 Å². The summed E-state index contributed by atoms with van der Waals surface area (Å²) in [6.45, 7) is 6.96. The normalized spacial score (nSPS) is 17.5. The van der Waals surface area contributed by atoms with Crippen molar-refractivity contribution >= 4 is 33.7 Å². The number of ether oxygens (including phenoxy) is 1. The Morgan fingerprint density at radius 2 is 1.92 bits per heavy atom. The number of hydrogen-bond donors (Lipinski definition) is 1. The lowest BCUT2D eigenvalue weighted by molar-refractivity contribution is -0.111. The van der Waals surface area contributed by atoms with E-state index in [4.69, 9.17) is 4.74 Å². The number of aromatic nitrogens is 1. The molecule has 192 valence electrons. The van der Waals surface area contributed by atoms with E-state index in [-0.39, 0.29) is 12.6 Å². The van der Waals surface area contributed by atoms with E-state index >= 15 is 0 Å². The van der Waals surface area contributed by atoms with Crippen molar-refractivity contribution in [2.45, 2.75) is 26.0 Å². The molecular formula is C29H32N4O3S. The SMILES string of the molecule is Cc1nc2cc(OC[C@H](O)CN3CCN(N(C=O)c4cccc(-c5ccccc5)c4)C[C@@H]3C)ccc2s1. The number of β-amino-alcohol motifs (C(OH)–C–C–N with tert-alkyl or cyclic N) is 1. The van der Waals surface area contributed by atoms with Crippen LogP contribution in [0.2, 0.25) is 0 Å². The zero-order chi connectivity index (χ0) is 25.8. The van der Waals surface area contributed by atoms with Crippen molar-refractivity contribution in [2.75, 3.05) is 37.8 Å². The summed E-state index contributed by atoms with van der Waals surface area (Å²) in [7, 11) is 0. The number of rotatable bonds is 9. The van der Waals surface area contributed by atoms with Crippen LogP contribution in [0.15, 0.2) is 72.8 Å². The highest BCUT2D eigenvalue weighted by atomic mass is 32.1. The van der Waals surface area contributed by atoms with Crippen LogP contribution in [-0.4, -0.2) is 71.3 Å². The Morgan fingerprint density at radius 1 is 1.11 bits per heavy atom. The van der Waals surface area contributed by atoms with E-state index in [1.165, 1.54) is 0 Å². The molecule has 1 N–H and O–H groups in total. The van der Waals surface area contributed by atoms with Crippen LogP contribution in [0.25, 0.3) is 21.3 Å². The average Bonchev–Trinajstić information content (AvgIpc) is 3.29. The van der Waals surface area contributed by atoms with Gasteiger partial charge in [0, 0.05) is 38.3 Å². The van der Waals surface area contributed by atoms with Crippen LogP contribution in [0.3, 0.4) is 0 Å². The van der Waals surface area contributed by atoms with E-state index < -0.39 is 6.10 Å². The van der Waals surface area contributed by atoms with Crippen LogP contribution in [0, 0.1) is 6.92 Å². The summed E-state index contributed by atoms with van der Waals surface area (Å²) >= 11 is 1.66. The third-order valence-electron chi connectivity index (χ3n) is 6.72. The molecule has 7 nitrogen and oxygen atoms in total. The highest BCUT2D eigenvalue weighted by Gasteiger charge is 2.29. The van der Waals surface area contributed by atoms with E-state index in [1.807, 2.05) is 61.5 Å². The van der Waals surface area contributed by atoms with Gasteiger partial charge in [-0.15, -0.1) is 11.3 Å². The quantitative estimate of drug-likeness (QED) is 0.328. The molecule has 1 saturated heterocycles. The molecule has 37 heavy (non-hydrogen) atoms. The maximum atomic E-state index is 12.1. The Hall–Kier alpha value is -3.30. The Morgan fingerprint density at radius 3 is 2.70 bits per heavy atom. The molecule has 1 amide bonds. The molecule has 0 aliphatic carbocycles. The first-order valence-electron chi connectivity index (χ1n) is 12.6. The number of aliphatic hydroxyl groups is 1. The molecule has 2 atom stereocenters. The zero-order valence-corrected chi connectivity index (χ0v) is 22.0. The van der Waals surface area contributed by atoms with Gasteiger partial charge in [-0.1, -0.05) is 42.5 Å². The maximum absolute atomic E-state index is 12.1. The van der Waals surface area contributed by atoms with Crippen LogP contribution in [0.5, 0.6) is 5.75 Å². The van der Waals surface area contributed by atoms with Crippen molar-refractivity contribution in [1.82, 2.24) is 14.9 Å². The highest BCUT2D eigenvalue weighted by molar-refractivity contribution is 7.18. The highest BCUT2D eigenvalue weighted by Crippen LogP contribution is 2.27. The fourth-order valence-corrected chi connectivity index (χ4v) is 5.63. The number of carbonyl (C=O) groups excluding carboxylic acids is 1. The van der Waals surface area contributed by atoms with Crippen LogP contribution in [0.4, 0.5) is 5.69 Å². The zero-order valence-electron chi connectivity index (χ0n) is 21.2. The lowest BCUT2D eigenvalue weighted by Gasteiger charge is -2.43. The van der Waals surface area contributed by atoms with Crippen LogP contribution < -0.4 is 9.75 Å². The fourth-order valence-electron chi connectivity index (χ4n) is 4.82. The van der Waals surface area contributed by atoms with E-state index in [1.54, 1.807) is 16.3 Å². The number of fused-ring (bicyclic) bond motifs is 1. The largest absolute Gasteiger partial charge is 0.491 e. The maximum Gasteiger partial charge on any atom is 0.228 e. The number of piperazine rings is 1. The van der Waals surface area contributed by atoms with E-state index in [0.717, 1.165) is 45.0 Å². The third-order valence-corrected chi connectivity index (χ3v) is 7.67. The molecule has 5 rings (SSSR count). The predicted molar refractivity (Wildman–Crippen MR) is 149 cm³/mol. The second kappa shape index (κ2) is 11.4. The Balaban J connectivity index is 1.16.